The third-order valence-corrected chi connectivity index (χ3v) is 4.01. The highest BCUT2D eigenvalue weighted by atomic mass is 35.5. The van der Waals surface area contributed by atoms with E-state index in [4.69, 9.17) is 11.6 Å². The summed E-state index contributed by atoms with van der Waals surface area (Å²) in [6.07, 6.45) is 3.84. The Balaban J connectivity index is 1.79. The molecule has 2 aromatic heterocycles. The van der Waals surface area contributed by atoms with Crippen LogP contribution in [0.4, 0.5) is 23.2 Å². The second kappa shape index (κ2) is 7.39. The van der Waals surface area contributed by atoms with Gasteiger partial charge in [0.05, 0.1) is 29.6 Å². The number of amides is 1. The molecule has 1 N–H and O–H groups in total. The van der Waals surface area contributed by atoms with E-state index in [2.05, 4.69) is 15.5 Å². The molecule has 6 nitrogen and oxygen atoms in total. The number of hydrogen-bond donors (Lipinski definition) is 1. The molecule has 0 saturated carbocycles. The van der Waals surface area contributed by atoms with Gasteiger partial charge in [-0.15, -0.1) is 0 Å². The van der Waals surface area contributed by atoms with Crippen molar-refractivity contribution in [3.63, 3.8) is 0 Å². The molecule has 0 unspecified atom stereocenters. The summed E-state index contributed by atoms with van der Waals surface area (Å²) in [7, 11) is 0. The molecule has 0 spiro atoms. The van der Waals surface area contributed by atoms with Crippen molar-refractivity contribution in [2.45, 2.75) is 20.0 Å². The topological polar surface area (TPSA) is 64.7 Å². The number of nitrogens with zero attached hydrogens (tertiary/aromatic N) is 4. The van der Waals surface area contributed by atoms with E-state index >= 15 is 0 Å². The molecular formula is C16H12ClF4N5O. The second-order valence-corrected chi connectivity index (χ2v) is 5.89. The highest BCUT2D eigenvalue weighted by Gasteiger charge is 2.20. The number of aromatic nitrogens is 4. The molecule has 0 bridgehead atoms. The lowest BCUT2D eigenvalue weighted by atomic mass is 10.2. The first-order valence-corrected chi connectivity index (χ1v) is 8.06. The van der Waals surface area contributed by atoms with Crippen LogP contribution in [0.15, 0.2) is 24.7 Å². The Kier molecular flexibility index (Phi) is 5.17. The van der Waals surface area contributed by atoms with Crippen molar-refractivity contribution >= 4 is 23.2 Å². The van der Waals surface area contributed by atoms with Crippen LogP contribution in [-0.2, 0) is 13.1 Å². The number of halogens is 5. The van der Waals surface area contributed by atoms with Crippen LogP contribution in [0, 0.1) is 23.3 Å². The summed E-state index contributed by atoms with van der Waals surface area (Å²) in [5.41, 5.74) is -0.338. The van der Waals surface area contributed by atoms with E-state index in [1.807, 2.05) is 0 Å². The summed E-state index contributed by atoms with van der Waals surface area (Å²) < 4.78 is 56.2. The highest BCUT2D eigenvalue weighted by Crippen LogP contribution is 2.21. The van der Waals surface area contributed by atoms with Crippen LogP contribution in [0.3, 0.4) is 0 Å². The van der Waals surface area contributed by atoms with Crippen molar-refractivity contribution in [2.75, 3.05) is 5.32 Å². The third kappa shape index (κ3) is 3.65. The van der Waals surface area contributed by atoms with Crippen LogP contribution >= 0.6 is 11.6 Å². The molecular weight excluding hydrogens is 390 g/mol. The number of benzene rings is 1. The molecule has 0 atom stereocenters. The molecule has 0 aliphatic carbocycles. The lowest BCUT2D eigenvalue weighted by molar-refractivity contribution is 0.101. The van der Waals surface area contributed by atoms with Gasteiger partial charge >= 0.3 is 0 Å². The fourth-order valence-electron chi connectivity index (χ4n) is 2.44. The van der Waals surface area contributed by atoms with Crippen molar-refractivity contribution in [3.05, 3.63) is 64.2 Å². The first-order valence-electron chi connectivity index (χ1n) is 7.68. The molecule has 0 aliphatic heterocycles. The van der Waals surface area contributed by atoms with Gasteiger partial charge in [0.25, 0.3) is 5.91 Å². The number of carbonyl (C=O) groups is 1. The molecule has 27 heavy (non-hydrogen) atoms. The maximum atomic E-state index is 13.7. The minimum Gasteiger partial charge on any atom is -0.318 e. The van der Waals surface area contributed by atoms with Gasteiger partial charge in [0.1, 0.15) is 11.5 Å². The summed E-state index contributed by atoms with van der Waals surface area (Å²) in [6, 6.07) is 0.258. The highest BCUT2D eigenvalue weighted by molar-refractivity contribution is 6.34. The van der Waals surface area contributed by atoms with Crippen molar-refractivity contribution in [3.8, 4) is 0 Å². The van der Waals surface area contributed by atoms with E-state index in [0.717, 1.165) is 4.68 Å². The zero-order valence-corrected chi connectivity index (χ0v) is 14.6. The van der Waals surface area contributed by atoms with Crippen molar-refractivity contribution in [1.29, 1.82) is 0 Å². The molecule has 0 saturated heterocycles. The van der Waals surface area contributed by atoms with E-state index in [9.17, 15) is 22.4 Å². The Labute approximate surface area is 155 Å². The number of anilines is 1. The van der Waals surface area contributed by atoms with Gasteiger partial charge in [-0.25, -0.2) is 17.6 Å². The first kappa shape index (κ1) is 18.9. The minimum atomic E-state index is -1.77. The lowest BCUT2D eigenvalue weighted by Gasteiger charge is -2.07. The average Bonchev–Trinajstić information content (AvgIpc) is 3.22. The Morgan fingerprint density at radius 3 is 2.59 bits per heavy atom. The maximum Gasteiger partial charge on any atom is 0.275 e. The van der Waals surface area contributed by atoms with Crippen molar-refractivity contribution < 1.29 is 22.4 Å². The van der Waals surface area contributed by atoms with Crippen LogP contribution < -0.4 is 5.32 Å². The number of aryl methyl sites for hydroxylation is 1. The Morgan fingerprint density at radius 1 is 1.15 bits per heavy atom. The molecule has 11 heteroatoms. The summed E-state index contributed by atoms with van der Waals surface area (Å²) in [5, 5.41) is 10.5. The monoisotopic (exact) mass is 401 g/mol. The molecule has 142 valence electrons. The molecule has 0 aliphatic rings. The maximum absolute atomic E-state index is 13.7. The van der Waals surface area contributed by atoms with E-state index in [-0.39, 0.29) is 22.5 Å². The molecule has 1 amide bonds. The predicted molar refractivity (Wildman–Crippen MR) is 88.5 cm³/mol. The quantitative estimate of drug-likeness (QED) is 0.403. The van der Waals surface area contributed by atoms with Gasteiger partial charge in [0, 0.05) is 24.4 Å². The fraction of sp³-hybridized carbons (Fsp3) is 0.188. The molecule has 3 aromatic rings. The normalized spacial score (nSPS) is 11.0. The second-order valence-electron chi connectivity index (χ2n) is 5.48. The van der Waals surface area contributed by atoms with Gasteiger partial charge in [-0.05, 0) is 6.92 Å². The van der Waals surface area contributed by atoms with Gasteiger partial charge in [-0.3, -0.25) is 14.2 Å². The fourth-order valence-corrected chi connectivity index (χ4v) is 2.67. The van der Waals surface area contributed by atoms with Crippen LogP contribution in [-0.4, -0.2) is 25.5 Å². The molecule has 3 rings (SSSR count). The van der Waals surface area contributed by atoms with Crippen molar-refractivity contribution in [2.24, 2.45) is 0 Å². The third-order valence-electron chi connectivity index (χ3n) is 3.73. The first-order chi connectivity index (χ1) is 12.8. The average molecular weight is 402 g/mol. The van der Waals surface area contributed by atoms with Gasteiger partial charge in [-0.1, -0.05) is 11.6 Å². The Morgan fingerprint density at radius 2 is 1.89 bits per heavy atom. The van der Waals surface area contributed by atoms with Crippen molar-refractivity contribution in [1.82, 2.24) is 19.6 Å². The van der Waals surface area contributed by atoms with E-state index in [1.54, 1.807) is 6.92 Å². The number of carbonyl (C=O) groups excluding carboxylic acids is 1. The van der Waals surface area contributed by atoms with Crippen LogP contribution in [0.1, 0.15) is 23.0 Å². The largest absolute Gasteiger partial charge is 0.318 e. The summed E-state index contributed by atoms with van der Waals surface area (Å²) in [5.74, 6) is -6.82. The summed E-state index contributed by atoms with van der Waals surface area (Å²) in [6.45, 7) is 1.70. The van der Waals surface area contributed by atoms with Gasteiger partial charge in [0.15, 0.2) is 17.5 Å². The summed E-state index contributed by atoms with van der Waals surface area (Å²) >= 11 is 5.95. The molecule has 2 heterocycles. The standard InChI is InChI=1S/C16H12ClF4N5O/c1-2-26-15(10(17)5-23-26)16(27)24-8-4-22-25(6-8)7-9-11(18)3-12(19)14(21)13(9)20/h3-6H,2,7H2,1H3,(H,24,27). The number of rotatable bonds is 5. The molecule has 0 fully saturated rings. The van der Waals surface area contributed by atoms with Crippen LogP contribution in [0.5, 0.6) is 0 Å². The minimum absolute atomic E-state index is 0.143. The zero-order valence-electron chi connectivity index (χ0n) is 13.8. The summed E-state index contributed by atoms with van der Waals surface area (Å²) in [4.78, 5) is 12.3. The lowest BCUT2D eigenvalue weighted by Crippen LogP contribution is -2.17. The van der Waals surface area contributed by atoms with Gasteiger partial charge in [-0.2, -0.15) is 10.2 Å². The van der Waals surface area contributed by atoms with E-state index in [1.165, 1.54) is 23.3 Å². The van der Waals surface area contributed by atoms with Gasteiger partial charge < -0.3 is 5.32 Å². The number of hydrogen-bond acceptors (Lipinski definition) is 3. The van der Waals surface area contributed by atoms with Crippen LogP contribution in [0.25, 0.3) is 0 Å². The molecule has 0 radical (unpaired) electrons. The predicted octanol–water partition coefficient (Wildman–Crippen LogP) is 3.61. The Bertz CT molecular complexity index is 1020. The molecule has 1 aromatic carbocycles. The van der Waals surface area contributed by atoms with E-state index < -0.39 is 41.3 Å². The Hall–Kier alpha value is -2.88. The van der Waals surface area contributed by atoms with Gasteiger partial charge in [0.2, 0.25) is 0 Å². The van der Waals surface area contributed by atoms with Crippen LogP contribution in [0.2, 0.25) is 5.02 Å². The zero-order chi connectivity index (χ0) is 19.7. The SMILES string of the molecule is CCn1ncc(Cl)c1C(=O)Nc1cnn(Cc2c(F)cc(F)c(F)c2F)c1. The van der Waals surface area contributed by atoms with E-state index in [0.29, 0.717) is 6.54 Å². The number of nitrogens with one attached hydrogen (secondary N) is 1. The smallest absolute Gasteiger partial charge is 0.275 e.